The number of hydrogen-bond donors (Lipinski definition) is 1. The molecule has 0 bridgehead atoms. The van der Waals surface area contributed by atoms with Gasteiger partial charge in [-0.05, 0) is 17.7 Å². The predicted octanol–water partition coefficient (Wildman–Crippen LogP) is 2.00. The third kappa shape index (κ3) is 3.52. The molecule has 0 spiro atoms. The molecule has 2 aromatic carbocycles. The van der Waals surface area contributed by atoms with Crippen LogP contribution >= 0.6 is 0 Å². The smallest absolute Gasteiger partial charge is 0.270 e. The molecule has 1 N–H and O–H groups in total. The highest BCUT2D eigenvalue weighted by atomic mass is 32.2. The number of amides is 1. The highest BCUT2D eigenvalue weighted by molar-refractivity contribution is 7.90. The Bertz CT molecular complexity index is 988. The Morgan fingerprint density at radius 2 is 1.96 bits per heavy atom. The van der Waals surface area contributed by atoms with E-state index in [9.17, 15) is 23.3 Å². The number of para-hydroxylation sites is 1. The van der Waals surface area contributed by atoms with Gasteiger partial charge in [0, 0.05) is 37.2 Å². The van der Waals surface area contributed by atoms with E-state index in [1.807, 2.05) is 24.3 Å². The fraction of sp³-hybridized carbons (Fsp3) is 0.235. The Morgan fingerprint density at radius 1 is 1.23 bits per heavy atom. The first-order valence-corrected chi connectivity index (χ1v) is 9.77. The summed E-state index contributed by atoms with van der Waals surface area (Å²) in [6.45, 7) is 0.663. The first-order chi connectivity index (χ1) is 12.3. The minimum absolute atomic E-state index is 0.0139. The van der Waals surface area contributed by atoms with Gasteiger partial charge in [-0.3, -0.25) is 14.9 Å². The van der Waals surface area contributed by atoms with Crippen molar-refractivity contribution in [2.24, 2.45) is 0 Å². The van der Waals surface area contributed by atoms with Gasteiger partial charge in [-0.1, -0.05) is 18.2 Å². The number of rotatable bonds is 6. The topological polar surface area (TPSA) is 110 Å². The van der Waals surface area contributed by atoms with Gasteiger partial charge >= 0.3 is 0 Å². The Morgan fingerprint density at radius 3 is 2.65 bits per heavy atom. The van der Waals surface area contributed by atoms with Crippen LogP contribution in [0.25, 0.3) is 0 Å². The number of carbonyl (C=O) groups excluding carboxylic acids is 1. The molecule has 0 radical (unpaired) electrons. The Hall–Kier alpha value is -2.94. The molecule has 2 aromatic rings. The monoisotopic (exact) mass is 375 g/mol. The maximum atomic E-state index is 12.1. The van der Waals surface area contributed by atoms with Crippen molar-refractivity contribution in [1.82, 2.24) is 0 Å². The zero-order chi connectivity index (χ0) is 18.9. The molecule has 0 atom stereocenters. The summed E-state index contributed by atoms with van der Waals surface area (Å²) < 4.78 is 23.9. The van der Waals surface area contributed by atoms with Crippen LogP contribution in [0, 0.1) is 10.1 Å². The number of fused-ring (bicyclic) bond motifs is 1. The van der Waals surface area contributed by atoms with Gasteiger partial charge in [-0.25, -0.2) is 8.42 Å². The van der Waals surface area contributed by atoms with Gasteiger partial charge in [0.15, 0.2) is 9.84 Å². The molecule has 1 aliphatic heterocycles. The van der Waals surface area contributed by atoms with E-state index in [0.717, 1.165) is 23.6 Å². The van der Waals surface area contributed by atoms with E-state index < -0.39 is 14.8 Å². The number of nitro benzene ring substituents is 1. The summed E-state index contributed by atoms with van der Waals surface area (Å²) in [4.78, 5) is 23.9. The van der Waals surface area contributed by atoms with Crippen LogP contribution in [-0.2, 0) is 21.1 Å². The van der Waals surface area contributed by atoms with Crippen molar-refractivity contribution in [3.8, 4) is 0 Å². The van der Waals surface area contributed by atoms with Gasteiger partial charge in [-0.2, -0.15) is 0 Å². The molecule has 9 heteroatoms. The van der Waals surface area contributed by atoms with Crippen molar-refractivity contribution in [2.45, 2.75) is 11.3 Å². The minimum atomic E-state index is -3.65. The van der Waals surface area contributed by atoms with Crippen LogP contribution in [0.4, 0.5) is 17.1 Å². The second-order valence-electron chi connectivity index (χ2n) is 5.99. The Labute approximate surface area is 150 Å². The van der Waals surface area contributed by atoms with Crippen LogP contribution in [-0.4, -0.2) is 38.6 Å². The number of anilines is 2. The van der Waals surface area contributed by atoms with Crippen molar-refractivity contribution in [1.29, 1.82) is 0 Å². The molecule has 0 saturated heterocycles. The zero-order valence-corrected chi connectivity index (χ0v) is 14.8. The molecule has 136 valence electrons. The molecule has 1 heterocycles. The number of sulfone groups is 1. The van der Waals surface area contributed by atoms with Gasteiger partial charge in [0.25, 0.3) is 5.69 Å². The number of hydrogen-bond acceptors (Lipinski definition) is 6. The summed E-state index contributed by atoms with van der Waals surface area (Å²) in [7, 11) is -3.65. The average Bonchev–Trinajstić information content (AvgIpc) is 2.89. The highest BCUT2D eigenvalue weighted by Gasteiger charge is 2.26. The molecule has 0 aromatic heterocycles. The molecule has 0 aliphatic carbocycles. The fourth-order valence-corrected chi connectivity index (χ4v) is 3.82. The Kier molecular flexibility index (Phi) is 4.64. The van der Waals surface area contributed by atoms with Crippen LogP contribution in [0.1, 0.15) is 5.56 Å². The molecule has 0 fully saturated rings. The lowest BCUT2D eigenvalue weighted by Gasteiger charge is -2.18. The second-order valence-corrected chi connectivity index (χ2v) is 7.97. The number of nitrogens with zero attached hydrogens (tertiary/aromatic N) is 2. The number of benzene rings is 2. The molecule has 26 heavy (non-hydrogen) atoms. The largest absolute Gasteiger partial charge is 0.382 e. The van der Waals surface area contributed by atoms with Crippen LogP contribution < -0.4 is 10.2 Å². The molecule has 0 unspecified atom stereocenters. The lowest BCUT2D eigenvalue weighted by atomic mass is 10.2. The summed E-state index contributed by atoms with van der Waals surface area (Å²) in [6.07, 6.45) is 1.35. The quantitative estimate of drug-likeness (QED) is 0.611. The molecule has 0 saturated carbocycles. The van der Waals surface area contributed by atoms with E-state index in [1.165, 1.54) is 12.1 Å². The van der Waals surface area contributed by atoms with Gasteiger partial charge in [0.05, 0.1) is 21.9 Å². The number of carbonyl (C=O) groups is 1. The maximum absolute atomic E-state index is 12.1. The van der Waals surface area contributed by atoms with E-state index in [0.29, 0.717) is 19.5 Å². The van der Waals surface area contributed by atoms with Crippen LogP contribution in [0.2, 0.25) is 0 Å². The van der Waals surface area contributed by atoms with Crippen LogP contribution in [0.5, 0.6) is 0 Å². The molecular formula is C17H17N3O5S. The number of non-ortho nitro benzene ring substituents is 1. The number of nitro groups is 1. The SMILES string of the molecule is CS(=O)(=O)c1cc([N+](=O)[O-])ccc1NCCN1C(=O)Cc2ccccc21. The summed E-state index contributed by atoms with van der Waals surface area (Å²) >= 11 is 0. The van der Waals surface area contributed by atoms with Crippen molar-refractivity contribution < 1.29 is 18.1 Å². The summed E-state index contributed by atoms with van der Waals surface area (Å²) in [6, 6.07) is 11.2. The van der Waals surface area contributed by atoms with Crippen molar-refractivity contribution in [2.75, 3.05) is 29.6 Å². The summed E-state index contributed by atoms with van der Waals surface area (Å²) in [5.74, 6) is -0.0139. The standard InChI is InChI=1S/C17H17N3O5S/c1-26(24,25)16-11-13(20(22)23)6-7-14(16)18-8-9-19-15-5-3-2-4-12(15)10-17(19)21/h2-7,11,18H,8-10H2,1H3. The lowest BCUT2D eigenvalue weighted by Crippen LogP contribution is -2.31. The van der Waals surface area contributed by atoms with E-state index in [-0.39, 0.29) is 22.2 Å². The lowest BCUT2D eigenvalue weighted by molar-refractivity contribution is -0.385. The normalized spacial score (nSPS) is 13.6. The van der Waals surface area contributed by atoms with Gasteiger partial charge < -0.3 is 10.2 Å². The average molecular weight is 375 g/mol. The summed E-state index contributed by atoms with van der Waals surface area (Å²) in [5.41, 5.74) is 1.80. The van der Waals surface area contributed by atoms with Gasteiger partial charge in [0.1, 0.15) is 0 Å². The van der Waals surface area contributed by atoms with Crippen molar-refractivity contribution >= 4 is 32.8 Å². The molecule has 1 aliphatic rings. The number of nitrogens with one attached hydrogen (secondary N) is 1. The molecular weight excluding hydrogens is 358 g/mol. The third-order valence-corrected chi connectivity index (χ3v) is 5.29. The first-order valence-electron chi connectivity index (χ1n) is 7.88. The van der Waals surface area contributed by atoms with E-state index in [2.05, 4.69) is 5.32 Å². The van der Waals surface area contributed by atoms with Gasteiger partial charge in [0.2, 0.25) is 5.91 Å². The van der Waals surface area contributed by atoms with Crippen LogP contribution in [0.3, 0.4) is 0 Å². The summed E-state index contributed by atoms with van der Waals surface area (Å²) in [5, 5.41) is 13.8. The van der Waals surface area contributed by atoms with E-state index in [1.54, 1.807) is 4.90 Å². The van der Waals surface area contributed by atoms with Crippen LogP contribution in [0.15, 0.2) is 47.4 Å². The van der Waals surface area contributed by atoms with Crippen molar-refractivity contribution in [3.05, 3.63) is 58.1 Å². The predicted molar refractivity (Wildman–Crippen MR) is 97.2 cm³/mol. The molecule has 3 rings (SSSR count). The fourth-order valence-electron chi connectivity index (χ4n) is 2.94. The van der Waals surface area contributed by atoms with E-state index in [4.69, 9.17) is 0 Å². The van der Waals surface area contributed by atoms with Crippen molar-refractivity contribution in [3.63, 3.8) is 0 Å². The zero-order valence-electron chi connectivity index (χ0n) is 14.0. The molecule has 8 nitrogen and oxygen atoms in total. The second kappa shape index (κ2) is 6.75. The third-order valence-electron chi connectivity index (χ3n) is 4.15. The minimum Gasteiger partial charge on any atom is -0.382 e. The first kappa shape index (κ1) is 17.9. The molecule has 1 amide bonds. The van der Waals surface area contributed by atoms with Gasteiger partial charge in [-0.15, -0.1) is 0 Å². The highest BCUT2D eigenvalue weighted by Crippen LogP contribution is 2.29. The Balaban J connectivity index is 1.76. The van der Waals surface area contributed by atoms with E-state index >= 15 is 0 Å². The maximum Gasteiger partial charge on any atom is 0.270 e.